The zero-order chi connectivity index (χ0) is 17.8. The molecule has 2 bridgehead atoms. The Bertz CT molecular complexity index is 722. The topological polar surface area (TPSA) is 64.9 Å². The van der Waals surface area contributed by atoms with Crippen LogP contribution in [0.2, 0.25) is 0 Å². The van der Waals surface area contributed by atoms with Gasteiger partial charge in [0.25, 0.3) is 0 Å². The molecule has 3 aliphatic rings. The summed E-state index contributed by atoms with van der Waals surface area (Å²) in [6.45, 7) is -2.25. The standard InChI is InChI=1S/C15H14F3N3O/c16-15(17,18)13-7-14(8-13,9-13)21-12(22)20-6-11-3-1-2-10(4-11)5-19/h1-4H,6-9H2,(H2,20,21,22)/i6D2. The number of nitrogens with zero attached hydrogens (tertiary/aromatic N) is 1. The van der Waals surface area contributed by atoms with E-state index in [2.05, 4.69) is 10.6 Å². The summed E-state index contributed by atoms with van der Waals surface area (Å²) in [5.41, 5.74) is -2.24. The van der Waals surface area contributed by atoms with Crippen molar-refractivity contribution in [3.8, 4) is 6.07 Å². The summed E-state index contributed by atoms with van der Waals surface area (Å²) in [5.74, 6) is 0. The lowest BCUT2D eigenvalue weighted by molar-refractivity contribution is -0.336. The van der Waals surface area contributed by atoms with Crippen molar-refractivity contribution in [2.75, 3.05) is 0 Å². The average molecular weight is 311 g/mol. The van der Waals surface area contributed by atoms with E-state index in [1.165, 1.54) is 24.3 Å². The molecule has 0 heterocycles. The molecule has 116 valence electrons. The van der Waals surface area contributed by atoms with Crippen LogP contribution >= 0.6 is 0 Å². The molecule has 4 rings (SSSR count). The highest BCUT2D eigenvalue weighted by molar-refractivity contribution is 5.75. The van der Waals surface area contributed by atoms with Gasteiger partial charge in [0, 0.05) is 12.0 Å². The van der Waals surface area contributed by atoms with Crippen LogP contribution in [0, 0.1) is 16.7 Å². The Labute approximate surface area is 128 Å². The van der Waals surface area contributed by atoms with Gasteiger partial charge in [0.2, 0.25) is 0 Å². The second-order valence-electron chi connectivity index (χ2n) is 5.99. The zero-order valence-electron chi connectivity index (χ0n) is 13.4. The van der Waals surface area contributed by atoms with E-state index >= 15 is 0 Å². The molecule has 0 atom stereocenters. The second-order valence-corrected chi connectivity index (χ2v) is 5.99. The normalized spacial score (nSPS) is 30.8. The molecular weight excluding hydrogens is 295 g/mol. The predicted molar refractivity (Wildman–Crippen MR) is 71.6 cm³/mol. The van der Waals surface area contributed by atoms with Crippen molar-refractivity contribution in [3.63, 3.8) is 0 Å². The number of hydrogen-bond acceptors (Lipinski definition) is 2. The van der Waals surface area contributed by atoms with Crippen molar-refractivity contribution in [1.29, 1.82) is 5.26 Å². The van der Waals surface area contributed by atoms with E-state index in [1.807, 2.05) is 6.07 Å². The van der Waals surface area contributed by atoms with Crippen LogP contribution in [0.1, 0.15) is 33.1 Å². The molecule has 0 spiro atoms. The van der Waals surface area contributed by atoms with Crippen molar-refractivity contribution in [2.45, 2.75) is 37.5 Å². The van der Waals surface area contributed by atoms with Gasteiger partial charge in [-0.1, -0.05) is 12.1 Å². The quantitative estimate of drug-likeness (QED) is 0.901. The highest BCUT2D eigenvalue weighted by Gasteiger charge is 2.79. The van der Waals surface area contributed by atoms with Gasteiger partial charge in [-0.3, -0.25) is 0 Å². The minimum Gasteiger partial charge on any atom is -0.334 e. The molecule has 2 amide bonds. The van der Waals surface area contributed by atoms with Crippen LogP contribution in [0.3, 0.4) is 0 Å². The maximum absolute atomic E-state index is 12.8. The molecule has 1 aromatic carbocycles. The van der Waals surface area contributed by atoms with E-state index in [0.29, 0.717) is 0 Å². The summed E-state index contributed by atoms with van der Waals surface area (Å²) >= 11 is 0. The van der Waals surface area contributed by atoms with E-state index < -0.39 is 29.7 Å². The average Bonchev–Trinajstić information content (AvgIpc) is 2.39. The molecule has 0 aliphatic heterocycles. The lowest BCUT2D eigenvalue weighted by atomic mass is 9.39. The smallest absolute Gasteiger partial charge is 0.334 e. The summed E-state index contributed by atoms with van der Waals surface area (Å²) in [5, 5.41) is 13.4. The first-order valence-corrected chi connectivity index (χ1v) is 6.69. The Morgan fingerprint density at radius 2 is 2.09 bits per heavy atom. The lowest BCUT2D eigenvalue weighted by Crippen LogP contribution is -2.79. The van der Waals surface area contributed by atoms with Gasteiger partial charge >= 0.3 is 12.2 Å². The van der Waals surface area contributed by atoms with E-state index in [1.54, 1.807) is 0 Å². The monoisotopic (exact) mass is 311 g/mol. The van der Waals surface area contributed by atoms with Crippen LogP contribution in [0.5, 0.6) is 0 Å². The molecular formula is C15H14F3N3O. The fourth-order valence-corrected chi connectivity index (χ4v) is 3.29. The van der Waals surface area contributed by atoms with Gasteiger partial charge in [-0.15, -0.1) is 0 Å². The van der Waals surface area contributed by atoms with Crippen LogP contribution in [-0.4, -0.2) is 17.7 Å². The summed E-state index contributed by atoms with van der Waals surface area (Å²) in [6.07, 6.45) is -4.75. The number of alkyl halides is 3. The molecule has 3 saturated carbocycles. The molecule has 22 heavy (non-hydrogen) atoms. The molecule has 3 aliphatic carbocycles. The molecule has 2 N–H and O–H groups in total. The number of benzene rings is 1. The minimum atomic E-state index is -4.26. The molecule has 0 unspecified atom stereocenters. The Kier molecular flexibility index (Phi) is 2.60. The zero-order valence-corrected chi connectivity index (χ0v) is 11.4. The van der Waals surface area contributed by atoms with Gasteiger partial charge < -0.3 is 10.6 Å². The Balaban J connectivity index is 1.61. The third kappa shape index (κ3) is 2.28. The van der Waals surface area contributed by atoms with Crippen molar-refractivity contribution < 1.29 is 20.7 Å². The van der Waals surface area contributed by atoms with Crippen molar-refractivity contribution in [3.05, 3.63) is 35.4 Å². The third-order valence-electron chi connectivity index (χ3n) is 4.32. The van der Waals surface area contributed by atoms with Crippen molar-refractivity contribution in [1.82, 2.24) is 10.6 Å². The Morgan fingerprint density at radius 1 is 1.41 bits per heavy atom. The minimum absolute atomic E-state index is 0.0843. The number of rotatable bonds is 3. The van der Waals surface area contributed by atoms with Crippen LogP contribution in [0.4, 0.5) is 18.0 Å². The van der Waals surface area contributed by atoms with Crippen molar-refractivity contribution in [2.24, 2.45) is 5.41 Å². The number of urea groups is 1. The summed E-state index contributed by atoms with van der Waals surface area (Å²) in [4.78, 5) is 12.0. The first-order valence-electron chi connectivity index (χ1n) is 7.69. The van der Waals surface area contributed by atoms with E-state index in [4.69, 9.17) is 8.00 Å². The fourth-order valence-electron chi connectivity index (χ4n) is 3.29. The van der Waals surface area contributed by atoms with Gasteiger partial charge in [0.1, 0.15) is 0 Å². The number of hydrogen-bond donors (Lipinski definition) is 2. The summed E-state index contributed by atoms with van der Waals surface area (Å²) < 4.78 is 54.2. The number of nitrogens with one attached hydrogen (secondary N) is 2. The van der Waals surface area contributed by atoms with Gasteiger partial charge in [0.05, 0.1) is 19.8 Å². The van der Waals surface area contributed by atoms with E-state index in [0.717, 1.165) is 0 Å². The lowest BCUT2D eigenvalue weighted by Gasteiger charge is -2.70. The molecule has 7 heteroatoms. The molecule has 0 radical (unpaired) electrons. The van der Waals surface area contributed by atoms with Crippen molar-refractivity contribution >= 4 is 6.03 Å². The summed E-state index contributed by atoms with van der Waals surface area (Å²) in [6, 6.07) is 6.72. The Morgan fingerprint density at radius 3 is 2.68 bits per heavy atom. The Hall–Kier alpha value is -2.23. The van der Waals surface area contributed by atoms with Gasteiger partial charge in [-0.25, -0.2) is 4.79 Å². The molecule has 1 aromatic rings. The number of nitriles is 1. The molecule has 4 nitrogen and oxygen atoms in total. The number of carbonyl (C=O) groups is 1. The highest BCUT2D eigenvalue weighted by atomic mass is 19.4. The maximum atomic E-state index is 12.8. The molecule has 0 saturated heterocycles. The van der Waals surface area contributed by atoms with Crippen LogP contribution in [-0.2, 0) is 6.50 Å². The van der Waals surface area contributed by atoms with Gasteiger partial charge in [-0.2, -0.15) is 18.4 Å². The van der Waals surface area contributed by atoms with Gasteiger partial charge in [-0.05, 0) is 37.0 Å². The third-order valence-corrected chi connectivity index (χ3v) is 4.32. The number of amides is 2. The van der Waals surface area contributed by atoms with E-state index in [9.17, 15) is 18.0 Å². The van der Waals surface area contributed by atoms with Crippen LogP contribution in [0.25, 0.3) is 0 Å². The first kappa shape index (κ1) is 12.3. The number of carbonyl (C=O) groups excluding carboxylic acids is 1. The summed E-state index contributed by atoms with van der Waals surface area (Å²) in [7, 11) is 0. The SMILES string of the molecule is [2H]C([2H])(NC(=O)NC12CC(C(F)(F)F)(C1)C2)c1cccc(C#N)c1. The first-order chi connectivity index (χ1) is 11.0. The fraction of sp³-hybridized carbons (Fsp3) is 0.467. The second kappa shape index (κ2) is 4.63. The molecule has 3 fully saturated rings. The highest BCUT2D eigenvalue weighted by Crippen LogP contribution is 2.73. The van der Waals surface area contributed by atoms with Crippen LogP contribution < -0.4 is 10.6 Å². The predicted octanol–water partition coefficient (Wildman–Crippen LogP) is 2.84. The van der Waals surface area contributed by atoms with Gasteiger partial charge in [0.15, 0.2) is 0 Å². The molecule has 0 aromatic heterocycles. The largest absolute Gasteiger partial charge is 0.394 e. The maximum Gasteiger partial charge on any atom is 0.394 e. The van der Waals surface area contributed by atoms with Crippen LogP contribution in [0.15, 0.2) is 24.3 Å². The van der Waals surface area contributed by atoms with E-state index in [-0.39, 0.29) is 30.4 Å². The number of halogens is 3.